The molecule has 0 fully saturated rings. The molecule has 0 radical (unpaired) electrons. The molecule has 1 atom stereocenters. The third kappa shape index (κ3) is 4.37. The third-order valence-corrected chi connectivity index (χ3v) is 3.15. The van der Waals surface area contributed by atoms with Crippen LogP contribution in [0.25, 0.3) is 0 Å². The first-order chi connectivity index (χ1) is 8.86. The summed E-state index contributed by atoms with van der Waals surface area (Å²) in [5.41, 5.74) is 6.43. The van der Waals surface area contributed by atoms with Crippen molar-refractivity contribution in [2.75, 3.05) is 0 Å². The fourth-order valence-electron chi connectivity index (χ4n) is 1.60. The first-order valence-electron chi connectivity index (χ1n) is 6.22. The zero-order chi connectivity index (χ0) is 14.5. The monoisotopic (exact) mass is 264 g/mol. The molecule has 19 heavy (non-hydrogen) atoms. The minimum absolute atomic E-state index is 0.0558. The topological polar surface area (TPSA) is 92.4 Å². The number of hydrogen-bond acceptors (Lipinski definition) is 3. The molecule has 0 aliphatic heterocycles. The Hall–Kier alpha value is -1.88. The van der Waals surface area contributed by atoms with Gasteiger partial charge in [-0.1, -0.05) is 31.2 Å². The molecule has 1 rings (SSSR count). The summed E-state index contributed by atoms with van der Waals surface area (Å²) in [6, 6.07) is 7.15. The van der Waals surface area contributed by atoms with Crippen LogP contribution in [-0.2, 0) is 22.6 Å². The van der Waals surface area contributed by atoms with Crippen LogP contribution in [0.2, 0.25) is 0 Å². The van der Waals surface area contributed by atoms with Crippen molar-refractivity contribution in [1.82, 2.24) is 5.32 Å². The molecule has 0 spiro atoms. The standard InChI is InChI=1S/C14H20N2O3/c1-3-14(2,15)13(19)16-9-11-7-5-4-6-10(11)8-12(17)18/h4-7H,3,8-9,15H2,1-2H3,(H,16,19)(H,17,18). The smallest absolute Gasteiger partial charge is 0.307 e. The van der Waals surface area contributed by atoms with Gasteiger partial charge in [-0.2, -0.15) is 0 Å². The molecule has 0 bridgehead atoms. The zero-order valence-corrected chi connectivity index (χ0v) is 11.3. The highest BCUT2D eigenvalue weighted by Crippen LogP contribution is 2.11. The van der Waals surface area contributed by atoms with Crippen molar-refractivity contribution in [1.29, 1.82) is 0 Å². The van der Waals surface area contributed by atoms with E-state index in [1.165, 1.54) is 0 Å². The van der Waals surface area contributed by atoms with Gasteiger partial charge >= 0.3 is 5.97 Å². The summed E-state index contributed by atoms with van der Waals surface area (Å²) in [5, 5.41) is 11.6. The summed E-state index contributed by atoms with van der Waals surface area (Å²) in [5.74, 6) is -1.13. The van der Waals surface area contributed by atoms with Gasteiger partial charge in [0.05, 0.1) is 12.0 Å². The zero-order valence-electron chi connectivity index (χ0n) is 11.3. The van der Waals surface area contributed by atoms with Crippen molar-refractivity contribution in [3.05, 3.63) is 35.4 Å². The molecule has 104 valence electrons. The Morgan fingerprint density at radius 1 is 1.32 bits per heavy atom. The average molecular weight is 264 g/mol. The highest BCUT2D eigenvalue weighted by atomic mass is 16.4. The minimum atomic E-state index is -0.901. The molecular weight excluding hydrogens is 244 g/mol. The van der Waals surface area contributed by atoms with Gasteiger partial charge in [0.15, 0.2) is 0 Å². The van der Waals surface area contributed by atoms with Crippen LogP contribution in [0.15, 0.2) is 24.3 Å². The fourth-order valence-corrected chi connectivity index (χ4v) is 1.60. The van der Waals surface area contributed by atoms with Crippen LogP contribution in [0.1, 0.15) is 31.4 Å². The number of hydrogen-bond donors (Lipinski definition) is 3. The number of aliphatic carboxylic acids is 1. The molecule has 0 aromatic heterocycles. The van der Waals surface area contributed by atoms with Crippen LogP contribution in [0, 0.1) is 0 Å². The normalized spacial score (nSPS) is 13.6. The summed E-state index contributed by atoms with van der Waals surface area (Å²) < 4.78 is 0. The number of rotatable bonds is 6. The number of carbonyl (C=O) groups excluding carboxylic acids is 1. The van der Waals surface area contributed by atoms with Gasteiger partial charge in [-0.15, -0.1) is 0 Å². The second-order valence-corrected chi connectivity index (χ2v) is 4.79. The number of benzene rings is 1. The van der Waals surface area contributed by atoms with Gasteiger partial charge in [-0.25, -0.2) is 0 Å². The van der Waals surface area contributed by atoms with Gasteiger partial charge in [0, 0.05) is 6.54 Å². The molecule has 1 aromatic carbocycles. The van der Waals surface area contributed by atoms with E-state index >= 15 is 0 Å². The van der Waals surface area contributed by atoms with Crippen LogP contribution in [0.5, 0.6) is 0 Å². The number of nitrogens with one attached hydrogen (secondary N) is 1. The van der Waals surface area contributed by atoms with Crippen molar-refractivity contribution >= 4 is 11.9 Å². The van der Waals surface area contributed by atoms with Crippen molar-refractivity contribution < 1.29 is 14.7 Å². The van der Waals surface area contributed by atoms with Crippen molar-refractivity contribution in [2.24, 2.45) is 5.73 Å². The molecule has 1 amide bonds. The molecule has 0 aliphatic carbocycles. The third-order valence-electron chi connectivity index (χ3n) is 3.15. The molecular formula is C14H20N2O3. The van der Waals surface area contributed by atoms with Crippen LogP contribution >= 0.6 is 0 Å². The number of carboxylic acid groups (broad SMARTS) is 1. The number of carbonyl (C=O) groups is 2. The lowest BCUT2D eigenvalue weighted by atomic mass is 9.99. The van der Waals surface area contributed by atoms with Crippen LogP contribution in [0.3, 0.4) is 0 Å². The Morgan fingerprint density at radius 2 is 1.89 bits per heavy atom. The van der Waals surface area contributed by atoms with Crippen molar-refractivity contribution in [3.63, 3.8) is 0 Å². The van der Waals surface area contributed by atoms with Gasteiger partial charge < -0.3 is 16.2 Å². The average Bonchev–Trinajstić information content (AvgIpc) is 2.36. The number of carboxylic acids is 1. The van der Waals surface area contributed by atoms with Gasteiger partial charge in [0.2, 0.25) is 5.91 Å². The van der Waals surface area contributed by atoms with Crippen LogP contribution < -0.4 is 11.1 Å². The van der Waals surface area contributed by atoms with E-state index < -0.39 is 11.5 Å². The molecule has 5 heteroatoms. The molecule has 0 saturated heterocycles. The molecule has 1 aromatic rings. The van der Waals surface area contributed by atoms with E-state index in [4.69, 9.17) is 10.8 Å². The summed E-state index contributed by atoms with van der Waals surface area (Å²) in [6.45, 7) is 3.80. The molecule has 5 nitrogen and oxygen atoms in total. The Labute approximate surface area is 112 Å². The van der Waals surface area contributed by atoms with Gasteiger partial charge in [0.1, 0.15) is 0 Å². The maximum Gasteiger partial charge on any atom is 0.307 e. The SMILES string of the molecule is CCC(C)(N)C(=O)NCc1ccccc1CC(=O)O. The van der Waals surface area contributed by atoms with E-state index in [0.29, 0.717) is 12.0 Å². The first kappa shape index (κ1) is 15.2. The summed E-state index contributed by atoms with van der Waals surface area (Å²) in [4.78, 5) is 22.6. The van der Waals surface area contributed by atoms with Crippen LogP contribution in [-0.4, -0.2) is 22.5 Å². The maximum atomic E-state index is 11.9. The maximum absolute atomic E-state index is 11.9. The Kier molecular flexibility index (Phi) is 5.06. The predicted octanol–water partition coefficient (Wildman–Crippen LogP) is 1.06. The quantitative estimate of drug-likeness (QED) is 0.716. The molecule has 0 saturated carbocycles. The second kappa shape index (κ2) is 6.33. The molecule has 4 N–H and O–H groups in total. The van der Waals surface area contributed by atoms with Gasteiger partial charge in [0.25, 0.3) is 0 Å². The number of amides is 1. The predicted molar refractivity (Wildman–Crippen MR) is 72.5 cm³/mol. The Morgan fingerprint density at radius 3 is 2.42 bits per heavy atom. The first-order valence-corrected chi connectivity index (χ1v) is 6.22. The summed E-state index contributed by atoms with van der Waals surface area (Å²) >= 11 is 0. The lowest BCUT2D eigenvalue weighted by molar-refractivity contribution is -0.136. The Bertz CT molecular complexity index is 470. The molecule has 1 unspecified atom stereocenters. The van der Waals surface area contributed by atoms with Gasteiger partial charge in [-0.3, -0.25) is 9.59 Å². The summed E-state index contributed by atoms with van der Waals surface area (Å²) in [7, 11) is 0. The molecule has 0 heterocycles. The number of nitrogens with two attached hydrogens (primary N) is 1. The summed E-state index contributed by atoms with van der Waals surface area (Å²) in [6.07, 6.45) is 0.481. The Balaban J connectivity index is 2.73. The second-order valence-electron chi connectivity index (χ2n) is 4.79. The van der Waals surface area contributed by atoms with E-state index in [1.807, 2.05) is 13.0 Å². The lowest BCUT2D eigenvalue weighted by Crippen LogP contribution is -2.50. The highest BCUT2D eigenvalue weighted by Gasteiger charge is 2.25. The van der Waals surface area contributed by atoms with E-state index in [0.717, 1.165) is 5.56 Å². The van der Waals surface area contributed by atoms with Crippen molar-refractivity contribution in [2.45, 2.75) is 38.8 Å². The minimum Gasteiger partial charge on any atom is -0.481 e. The van der Waals surface area contributed by atoms with Crippen molar-refractivity contribution in [3.8, 4) is 0 Å². The molecule has 0 aliphatic rings. The lowest BCUT2D eigenvalue weighted by Gasteiger charge is -2.21. The largest absolute Gasteiger partial charge is 0.481 e. The fraction of sp³-hybridized carbons (Fsp3) is 0.429. The highest BCUT2D eigenvalue weighted by molar-refractivity contribution is 5.85. The van der Waals surface area contributed by atoms with E-state index in [-0.39, 0.29) is 18.9 Å². The van der Waals surface area contributed by atoms with E-state index in [9.17, 15) is 9.59 Å². The van der Waals surface area contributed by atoms with Gasteiger partial charge in [-0.05, 0) is 24.5 Å². The van der Waals surface area contributed by atoms with E-state index in [1.54, 1.807) is 25.1 Å². The van der Waals surface area contributed by atoms with E-state index in [2.05, 4.69) is 5.32 Å². The van der Waals surface area contributed by atoms with Crippen LogP contribution in [0.4, 0.5) is 0 Å².